The molecule has 0 aromatic heterocycles. The fraction of sp³-hybridized carbons (Fsp3) is 0.273. The van der Waals surface area contributed by atoms with E-state index in [1.807, 2.05) is 5.43 Å². The van der Waals surface area contributed by atoms with E-state index in [2.05, 4.69) is 5.32 Å². The van der Waals surface area contributed by atoms with Crippen molar-refractivity contribution in [1.82, 2.24) is 5.43 Å². The first kappa shape index (κ1) is 13.8. The Labute approximate surface area is 104 Å². The van der Waals surface area contributed by atoms with E-state index in [-0.39, 0.29) is 6.42 Å². The van der Waals surface area contributed by atoms with Crippen LogP contribution in [0, 0.1) is 0 Å². The molecule has 0 bridgehead atoms. The number of hydrazine groups is 1. The van der Waals surface area contributed by atoms with Crippen LogP contribution in [0.4, 0.5) is 5.69 Å². The largest absolute Gasteiger partial charge is 0.497 e. The number of hydrogen-bond donors (Lipinski definition) is 3. The number of amides is 2. The molecule has 0 heterocycles. The van der Waals surface area contributed by atoms with Crippen molar-refractivity contribution in [2.24, 2.45) is 5.84 Å². The van der Waals surface area contributed by atoms with Crippen LogP contribution >= 0.6 is 0 Å². The Kier molecular flexibility index (Phi) is 4.94. The Morgan fingerprint density at radius 3 is 2.50 bits per heavy atom. The highest BCUT2D eigenvalue weighted by Gasteiger charge is 2.11. The highest BCUT2D eigenvalue weighted by molar-refractivity contribution is 6.04. The number of carbonyl (C=O) groups is 2. The van der Waals surface area contributed by atoms with E-state index in [0.29, 0.717) is 17.2 Å². The third-order valence-corrected chi connectivity index (χ3v) is 2.16. The minimum atomic E-state index is -0.569. The minimum absolute atomic E-state index is 0.355. The van der Waals surface area contributed by atoms with E-state index < -0.39 is 11.8 Å². The van der Waals surface area contributed by atoms with Gasteiger partial charge >= 0.3 is 0 Å². The first-order valence-corrected chi connectivity index (χ1v) is 5.12. The van der Waals surface area contributed by atoms with Crippen molar-refractivity contribution in [3.63, 3.8) is 0 Å². The van der Waals surface area contributed by atoms with E-state index >= 15 is 0 Å². The van der Waals surface area contributed by atoms with Crippen LogP contribution in [-0.4, -0.2) is 26.0 Å². The van der Waals surface area contributed by atoms with Gasteiger partial charge < -0.3 is 14.8 Å². The lowest BCUT2D eigenvalue weighted by Crippen LogP contribution is -2.33. The Morgan fingerprint density at radius 2 is 1.94 bits per heavy atom. The molecule has 18 heavy (non-hydrogen) atoms. The predicted octanol–water partition coefficient (Wildman–Crippen LogP) is 0.0223. The van der Waals surface area contributed by atoms with Gasteiger partial charge in [0, 0.05) is 6.07 Å². The van der Waals surface area contributed by atoms with Crippen LogP contribution < -0.4 is 26.1 Å². The molecule has 0 unspecified atom stereocenters. The SMILES string of the molecule is COc1ccc(NC(=O)CC(=O)NN)c(OC)c1. The van der Waals surface area contributed by atoms with Gasteiger partial charge in [-0.2, -0.15) is 0 Å². The molecule has 0 radical (unpaired) electrons. The first-order valence-electron chi connectivity index (χ1n) is 5.12. The maximum Gasteiger partial charge on any atom is 0.243 e. The first-order chi connectivity index (χ1) is 8.60. The summed E-state index contributed by atoms with van der Waals surface area (Å²) in [5.41, 5.74) is 2.33. The molecule has 0 atom stereocenters. The summed E-state index contributed by atoms with van der Waals surface area (Å²) < 4.78 is 10.1. The molecule has 1 rings (SSSR count). The number of ether oxygens (including phenoxy) is 2. The molecule has 0 saturated heterocycles. The summed E-state index contributed by atoms with van der Waals surface area (Å²) in [5.74, 6) is 4.87. The lowest BCUT2D eigenvalue weighted by molar-refractivity contribution is -0.126. The summed E-state index contributed by atoms with van der Waals surface area (Å²) in [7, 11) is 3.00. The van der Waals surface area contributed by atoms with E-state index in [0.717, 1.165) is 0 Å². The van der Waals surface area contributed by atoms with Gasteiger partial charge in [-0.15, -0.1) is 0 Å². The molecule has 0 aliphatic heterocycles. The third-order valence-electron chi connectivity index (χ3n) is 2.16. The molecule has 0 fully saturated rings. The van der Waals surface area contributed by atoms with Gasteiger partial charge in [-0.05, 0) is 12.1 Å². The summed E-state index contributed by atoms with van der Waals surface area (Å²) in [6.45, 7) is 0. The Hall–Kier alpha value is -2.28. The fourth-order valence-corrected chi connectivity index (χ4v) is 1.29. The van der Waals surface area contributed by atoms with Crippen LogP contribution in [-0.2, 0) is 9.59 Å². The average Bonchev–Trinajstić information content (AvgIpc) is 2.38. The maximum absolute atomic E-state index is 11.5. The summed E-state index contributed by atoms with van der Waals surface area (Å²) in [6.07, 6.45) is -0.355. The average molecular weight is 253 g/mol. The van der Waals surface area contributed by atoms with Gasteiger partial charge in [0.1, 0.15) is 17.9 Å². The normalized spacial score (nSPS) is 9.50. The van der Waals surface area contributed by atoms with Crippen LogP contribution in [0.15, 0.2) is 18.2 Å². The number of nitrogens with two attached hydrogens (primary N) is 1. The van der Waals surface area contributed by atoms with E-state index in [4.69, 9.17) is 15.3 Å². The van der Waals surface area contributed by atoms with Crippen molar-refractivity contribution in [3.8, 4) is 11.5 Å². The van der Waals surface area contributed by atoms with Crippen LogP contribution in [0.25, 0.3) is 0 Å². The maximum atomic E-state index is 11.5. The van der Waals surface area contributed by atoms with E-state index in [1.54, 1.807) is 18.2 Å². The topological polar surface area (TPSA) is 103 Å². The number of anilines is 1. The van der Waals surface area contributed by atoms with Crippen molar-refractivity contribution in [2.75, 3.05) is 19.5 Å². The lowest BCUT2D eigenvalue weighted by Gasteiger charge is -2.11. The van der Waals surface area contributed by atoms with Crippen LogP contribution in [0.1, 0.15) is 6.42 Å². The standard InChI is InChI=1S/C11H15N3O4/c1-17-7-3-4-8(9(5-7)18-2)13-10(15)6-11(16)14-12/h3-5H,6,12H2,1-2H3,(H,13,15)(H,14,16). The number of nitrogens with one attached hydrogen (secondary N) is 2. The quantitative estimate of drug-likeness (QED) is 0.297. The Balaban J connectivity index is 2.77. The number of hydrogen-bond acceptors (Lipinski definition) is 5. The molecule has 2 amide bonds. The van der Waals surface area contributed by atoms with Crippen molar-refractivity contribution in [2.45, 2.75) is 6.42 Å². The number of benzene rings is 1. The molecule has 0 aliphatic rings. The molecule has 0 spiro atoms. The summed E-state index contributed by atoms with van der Waals surface area (Å²) in [6, 6.07) is 4.91. The smallest absolute Gasteiger partial charge is 0.243 e. The second-order valence-electron chi connectivity index (χ2n) is 3.36. The highest BCUT2D eigenvalue weighted by atomic mass is 16.5. The molecule has 0 aliphatic carbocycles. The van der Waals surface area contributed by atoms with Gasteiger partial charge in [-0.25, -0.2) is 5.84 Å². The fourth-order valence-electron chi connectivity index (χ4n) is 1.29. The molecule has 1 aromatic rings. The monoisotopic (exact) mass is 253 g/mol. The number of methoxy groups -OCH3 is 2. The second kappa shape index (κ2) is 6.45. The zero-order valence-electron chi connectivity index (χ0n) is 10.1. The van der Waals surface area contributed by atoms with E-state index in [9.17, 15) is 9.59 Å². The van der Waals surface area contributed by atoms with Gasteiger partial charge in [0.05, 0.1) is 19.9 Å². The van der Waals surface area contributed by atoms with Gasteiger partial charge in [-0.1, -0.05) is 0 Å². The summed E-state index contributed by atoms with van der Waals surface area (Å²) >= 11 is 0. The highest BCUT2D eigenvalue weighted by Crippen LogP contribution is 2.28. The van der Waals surface area contributed by atoms with Crippen LogP contribution in [0.5, 0.6) is 11.5 Å². The molecule has 1 aromatic carbocycles. The Morgan fingerprint density at radius 1 is 1.22 bits per heavy atom. The van der Waals surface area contributed by atoms with Crippen LogP contribution in [0.3, 0.4) is 0 Å². The van der Waals surface area contributed by atoms with Crippen molar-refractivity contribution in [1.29, 1.82) is 0 Å². The second-order valence-corrected chi connectivity index (χ2v) is 3.36. The molecule has 7 heteroatoms. The predicted molar refractivity (Wildman–Crippen MR) is 65.1 cm³/mol. The van der Waals surface area contributed by atoms with Gasteiger partial charge in [0.25, 0.3) is 0 Å². The van der Waals surface area contributed by atoms with Crippen molar-refractivity contribution in [3.05, 3.63) is 18.2 Å². The van der Waals surface area contributed by atoms with E-state index in [1.165, 1.54) is 14.2 Å². The Bertz CT molecular complexity index is 448. The number of carbonyl (C=O) groups excluding carboxylic acids is 2. The molecular weight excluding hydrogens is 238 g/mol. The van der Waals surface area contributed by atoms with Gasteiger partial charge in [-0.3, -0.25) is 15.0 Å². The van der Waals surface area contributed by atoms with Crippen LogP contribution in [0.2, 0.25) is 0 Å². The third kappa shape index (κ3) is 3.63. The zero-order valence-corrected chi connectivity index (χ0v) is 10.1. The minimum Gasteiger partial charge on any atom is -0.497 e. The summed E-state index contributed by atoms with van der Waals surface area (Å²) in [5, 5.41) is 2.54. The van der Waals surface area contributed by atoms with Gasteiger partial charge in [0.2, 0.25) is 11.8 Å². The molecule has 7 nitrogen and oxygen atoms in total. The molecular formula is C11H15N3O4. The summed E-state index contributed by atoms with van der Waals surface area (Å²) in [4.78, 5) is 22.4. The molecule has 4 N–H and O–H groups in total. The molecule has 98 valence electrons. The van der Waals surface area contributed by atoms with Crippen molar-refractivity contribution >= 4 is 17.5 Å². The number of rotatable bonds is 5. The lowest BCUT2D eigenvalue weighted by atomic mass is 10.2. The molecule has 0 saturated carbocycles. The van der Waals surface area contributed by atoms with Crippen molar-refractivity contribution < 1.29 is 19.1 Å². The van der Waals surface area contributed by atoms with Gasteiger partial charge in [0.15, 0.2) is 0 Å². The zero-order chi connectivity index (χ0) is 13.5.